The van der Waals surface area contributed by atoms with Gasteiger partial charge in [-0.25, -0.2) is 0 Å². The summed E-state index contributed by atoms with van der Waals surface area (Å²) in [7, 11) is 0. The summed E-state index contributed by atoms with van der Waals surface area (Å²) in [6.45, 7) is 0. The molecular weight excluding hydrogens is 276 g/mol. The van der Waals surface area contributed by atoms with Gasteiger partial charge in [0.1, 0.15) is 0 Å². The molecule has 96 valence electrons. The van der Waals surface area contributed by atoms with E-state index in [0.29, 0.717) is 0 Å². The van der Waals surface area contributed by atoms with Crippen molar-refractivity contribution in [1.29, 1.82) is 0 Å². The van der Waals surface area contributed by atoms with Crippen molar-refractivity contribution in [3.63, 3.8) is 0 Å². The van der Waals surface area contributed by atoms with Crippen LogP contribution in [0.25, 0.3) is 0 Å². The van der Waals surface area contributed by atoms with Crippen molar-refractivity contribution >= 4 is 0 Å². The zero-order valence-corrected chi connectivity index (χ0v) is 11.6. The van der Waals surface area contributed by atoms with Crippen molar-refractivity contribution in [3.8, 4) is 0 Å². The molecule has 0 aromatic heterocycles. The fraction of sp³-hybridized carbons (Fsp3) is 0.0588. The molecule has 2 aliphatic rings. The maximum absolute atomic E-state index is 9.88. The van der Waals surface area contributed by atoms with E-state index >= 15 is 0 Å². The Bertz CT molecular complexity index is 308. The molecule has 1 nitrogen and oxygen atoms in total. The summed E-state index contributed by atoms with van der Waals surface area (Å²) in [6, 6.07) is 9.67. The topological polar surface area (TPSA) is 20.2 Å². The molecule has 1 aromatic rings. The molecule has 19 heavy (non-hydrogen) atoms. The normalized spacial score (nSPS) is 20.3. The first-order valence-corrected chi connectivity index (χ1v) is 5.99. The van der Waals surface area contributed by atoms with Gasteiger partial charge in [-0.1, -0.05) is 30.3 Å². The Hall–Kier alpha value is -0.301. The molecule has 0 bridgehead atoms. The number of aliphatic hydroxyl groups excluding tert-OH is 1. The van der Waals surface area contributed by atoms with Gasteiger partial charge in [0.2, 0.25) is 0 Å². The SMILES string of the molecule is OC([C]1[CH][CH][CH][CH]1)c1ccccc1.[CH]1[CH][CH][CH][CH]1.[Fe+2]. The van der Waals surface area contributed by atoms with Crippen molar-refractivity contribution in [3.05, 3.63) is 99.6 Å². The molecular formula is C17H16FeO+2. The second kappa shape index (κ2) is 9.58. The molecule has 10 radical (unpaired) electrons. The molecule has 1 atom stereocenters. The summed E-state index contributed by atoms with van der Waals surface area (Å²) in [5.74, 6) is 0.950. The summed E-state index contributed by atoms with van der Waals surface area (Å²) < 4.78 is 0. The van der Waals surface area contributed by atoms with Crippen LogP contribution in [0.15, 0.2) is 30.3 Å². The van der Waals surface area contributed by atoms with Crippen LogP contribution in [0.3, 0.4) is 0 Å². The van der Waals surface area contributed by atoms with E-state index in [4.69, 9.17) is 0 Å². The molecule has 2 saturated carbocycles. The van der Waals surface area contributed by atoms with Gasteiger partial charge in [-0.05, 0) is 63.4 Å². The second-order valence-electron chi connectivity index (χ2n) is 3.99. The third-order valence-electron chi connectivity index (χ3n) is 2.68. The second-order valence-corrected chi connectivity index (χ2v) is 3.99. The molecule has 0 heterocycles. The van der Waals surface area contributed by atoms with Crippen LogP contribution in [0.5, 0.6) is 0 Å². The van der Waals surface area contributed by atoms with E-state index in [1.54, 1.807) is 0 Å². The van der Waals surface area contributed by atoms with Crippen LogP contribution in [-0.4, -0.2) is 5.11 Å². The van der Waals surface area contributed by atoms with Gasteiger partial charge < -0.3 is 5.11 Å². The van der Waals surface area contributed by atoms with Gasteiger partial charge in [-0.15, -0.1) is 0 Å². The Morgan fingerprint density at radius 1 is 0.684 bits per heavy atom. The average molecular weight is 292 g/mol. The Kier molecular flexibility index (Phi) is 8.45. The molecule has 3 rings (SSSR count). The Balaban J connectivity index is 0.000000256. The summed E-state index contributed by atoms with van der Waals surface area (Å²) in [4.78, 5) is 0. The predicted molar refractivity (Wildman–Crippen MR) is 73.3 cm³/mol. The largest absolute Gasteiger partial charge is 2.00 e. The number of hydrogen-bond acceptors (Lipinski definition) is 1. The van der Waals surface area contributed by atoms with Crippen LogP contribution >= 0.6 is 0 Å². The van der Waals surface area contributed by atoms with Gasteiger partial charge in [0, 0.05) is 5.92 Å². The van der Waals surface area contributed by atoms with Crippen LogP contribution < -0.4 is 0 Å². The van der Waals surface area contributed by atoms with E-state index in [-0.39, 0.29) is 17.1 Å². The molecule has 2 aliphatic carbocycles. The zero-order valence-electron chi connectivity index (χ0n) is 10.5. The van der Waals surface area contributed by atoms with E-state index in [2.05, 4.69) is 0 Å². The van der Waals surface area contributed by atoms with Crippen molar-refractivity contribution < 1.29 is 22.2 Å². The van der Waals surface area contributed by atoms with Crippen molar-refractivity contribution in [2.75, 3.05) is 0 Å². The van der Waals surface area contributed by atoms with Crippen molar-refractivity contribution in [1.82, 2.24) is 0 Å². The minimum absolute atomic E-state index is 0. The first kappa shape index (κ1) is 16.8. The molecule has 2 heteroatoms. The van der Waals surface area contributed by atoms with Crippen LogP contribution in [0.1, 0.15) is 11.7 Å². The Labute approximate surface area is 128 Å². The fourth-order valence-electron chi connectivity index (χ4n) is 1.72. The van der Waals surface area contributed by atoms with E-state index < -0.39 is 6.10 Å². The standard InChI is InChI=1S/C12H11O.C5H5.Fe/c13-12(11-8-4-5-9-11)10-6-2-1-3-7-10;1-2-4-5-3-1;/h1-9,12-13H;1-5H;/q;;+2. The fourth-order valence-corrected chi connectivity index (χ4v) is 1.72. The van der Waals surface area contributed by atoms with Crippen LogP contribution in [0.2, 0.25) is 0 Å². The van der Waals surface area contributed by atoms with Gasteiger partial charge in [0.25, 0.3) is 0 Å². The molecule has 0 saturated heterocycles. The van der Waals surface area contributed by atoms with Gasteiger partial charge in [-0.3, -0.25) is 0 Å². The molecule has 0 spiro atoms. The summed E-state index contributed by atoms with van der Waals surface area (Å²) in [5.41, 5.74) is 0.939. The van der Waals surface area contributed by atoms with Crippen LogP contribution in [0, 0.1) is 63.7 Å². The smallest absolute Gasteiger partial charge is 0.388 e. The number of rotatable bonds is 2. The maximum atomic E-state index is 9.88. The van der Waals surface area contributed by atoms with Gasteiger partial charge in [0.05, 0.1) is 6.10 Å². The van der Waals surface area contributed by atoms with E-state index in [1.807, 2.05) is 88.1 Å². The first-order valence-electron chi connectivity index (χ1n) is 5.99. The third-order valence-corrected chi connectivity index (χ3v) is 2.68. The molecule has 2 fully saturated rings. The molecule has 0 amide bonds. The van der Waals surface area contributed by atoms with E-state index in [1.165, 1.54) is 0 Å². The molecule has 1 aromatic carbocycles. The monoisotopic (exact) mass is 292 g/mol. The Morgan fingerprint density at radius 3 is 1.63 bits per heavy atom. The van der Waals surface area contributed by atoms with Crippen molar-refractivity contribution in [2.24, 2.45) is 0 Å². The van der Waals surface area contributed by atoms with Crippen LogP contribution in [-0.2, 0) is 17.1 Å². The predicted octanol–water partition coefficient (Wildman–Crippen LogP) is 3.14. The van der Waals surface area contributed by atoms with Gasteiger partial charge >= 0.3 is 17.1 Å². The average Bonchev–Trinajstić information content (AvgIpc) is 3.14. The molecule has 0 aliphatic heterocycles. The zero-order chi connectivity index (χ0) is 12.6. The molecule has 1 N–H and O–H groups in total. The molecule has 1 unspecified atom stereocenters. The maximum Gasteiger partial charge on any atom is 2.00 e. The summed E-state index contributed by atoms with van der Waals surface area (Å²) in [5, 5.41) is 9.88. The number of benzene rings is 1. The van der Waals surface area contributed by atoms with Gasteiger partial charge in [0.15, 0.2) is 0 Å². The quantitative estimate of drug-likeness (QED) is 0.830. The number of aliphatic hydroxyl groups is 1. The van der Waals surface area contributed by atoms with Crippen molar-refractivity contribution in [2.45, 2.75) is 6.10 Å². The summed E-state index contributed by atoms with van der Waals surface area (Å²) in [6.07, 6.45) is 17.2. The van der Waals surface area contributed by atoms with E-state index in [0.717, 1.165) is 11.5 Å². The minimum atomic E-state index is -0.490. The minimum Gasteiger partial charge on any atom is -0.388 e. The van der Waals surface area contributed by atoms with Crippen LogP contribution in [0.4, 0.5) is 0 Å². The number of hydrogen-bond donors (Lipinski definition) is 1. The third kappa shape index (κ3) is 5.69. The van der Waals surface area contributed by atoms with Gasteiger partial charge in [-0.2, -0.15) is 0 Å². The first-order chi connectivity index (χ1) is 8.88. The van der Waals surface area contributed by atoms with E-state index in [9.17, 15) is 5.11 Å². The summed E-state index contributed by atoms with van der Waals surface area (Å²) >= 11 is 0. The Morgan fingerprint density at radius 2 is 1.16 bits per heavy atom.